The van der Waals surface area contributed by atoms with Crippen molar-refractivity contribution in [2.24, 2.45) is 17.1 Å². The molecule has 0 aromatic heterocycles. The van der Waals surface area contributed by atoms with Crippen LogP contribution in [0, 0.1) is 11.3 Å². The fourth-order valence-corrected chi connectivity index (χ4v) is 2.08. The standard InChI is InChI=1S/C8H13NO/c9-7(10)6-1-2-8(5-6)3-4-8/h6H,1-5H2,(H2,9,10)/t6-/m1/s1. The van der Waals surface area contributed by atoms with Crippen LogP contribution in [-0.2, 0) is 4.79 Å². The maximum Gasteiger partial charge on any atom is 0.220 e. The third kappa shape index (κ3) is 0.825. The normalized spacial score (nSPS) is 34.6. The summed E-state index contributed by atoms with van der Waals surface area (Å²) >= 11 is 0. The minimum atomic E-state index is -0.0798. The van der Waals surface area contributed by atoms with Gasteiger partial charge < -0.3 is 5.73 Å². The van der Waals surface area contributed by atoms with Crippen LogP contribution in [0.15, 0.2) is 0 Å². The van der Waals surface area contributed by atoms with Crippen LogP contribution in [0.2, 0.25) is 0 Å². The summed E-state index contributed by atoms with van der Waals surface area (Å²) in [5.41, 5.74) is 5.80. The molecule has 0 aromatic carbocycles. The molecule has 10 heavy (non-hydrogen) atoms. The van der Waals surface area contributed by atoms with E-state index in [0.717, 1.165) is 12.8 Å². The highest BCUT2D eigenvalue weighted by molar-refractivity contribution is 5.77. The molecule has 0 aromatic rings. The fraction of sp³-hybridized carbons (Fsp3) is 0.875. The Bertz CT molecular complexity index is 172. The number of hydrogen-bond acceptors (Lipinski definition) is 1. The average molecular weight is 139 g/mol. The van der Waals surface area contributed by atoms with Gasteiger partial charge in [0.1, 0.15) is 0 Å². The molecule has 0 bridgehead atoms. The highest BCUT2D eigenvalue weighted by Crippen LogP contribution is 2.59. The quantitative estimate of drug-likeness (QED) is 0.579. The van der Waals surface area contributed by atoms with Gasteiger partial charge in [-0.25, -0.2) is 0 Å². The third-order valence-electron chi connectivity index (χ3n) is 3.06. The van der Waals surface area contributed by atoms with Crippen molar-refractivity contribution in [1.29, 1.82) is 0 Å². The van der Waals surface area contributed by atoms with Crippen LogP contribution in [0.4, 0.5) is 0 Å². The van der Waals surface area contributed by atoms with Crippen molar-refractivity contribution in [2.45, 2.75) is 32.1 Å². The summed E-state index contributed by atoms with van der Waals surface area (Å²) in [5.74, 6) is 0.131. The summed E-state index contributed by atoms with van der Waals surface area (Å²) in [5, 5.41) is 0. The number of amides is 1. The maximum absolute atomic E-state index is 10.7. The lowest BCUT2D eigenvalue weighted by atomic mass is 10.0. The van der Waals surface area contributed by atoms with Gasteiger partial charge in [-0.15, -0.1) is 0 Å². The second-order valence-electron chi connectivity index (χ2n) is 3.84. The van der Waals surface area contributed by atoms with E-state index in [0.29, 0.717) is 5.41 Å². The first-order valence-corrected chi connectivity index (χ1v) is 4.01. The Labute approximate surface area is 60.8 Å². The Kier molecular flexibility index (Phi) is 1.08. The fourth-order valence-electron chi connectivity index (χ4n) is 2.08. The summed E-state index contributed by atoms with van der Waals surface area (Å²) in [4.78, 5) is 10.7. The van der Waals surface area contributed by atoms with Crippen LogP contribution in [-0.4, -0.2) is 5.91 Å². The Balaban J connectivity index is 1.99. The van der Waals surface area contributed by atoms with Crippen molar-refractivity contribution in [1.82, 2.24) is 0 Å². The Morgan fingerprint density at radius 3 is 2.40 bits per heavy atom. The van der Waals surface area contributed by atoms with Gasteiger partial charge in [0.2, 0.25) is 5.91 Å². The molecule has 1 spiro atoms. The monoisotopic (exact) mass is 139 g/mol. The summed E-state index contributed by atoms with van der Waals surface area (Å²) in [6.45, 7) is 0. The maximum atomic E-state index is 10.7. The molecule has 0 unspecified atom stereocenters. The molecule has 0 heterocycles. The van der Waals surface area contributed by atoms with Crippen molar-refractivity contribution >= 4 is 5.91 Å². The molecule has 1 atom stereocenters. The average Bonchev–Trinajstić information content (AvgIpc) is 2.41. The first kappa shape index (κ1) is 6.20. The SMILES string of the molecule is NC(=O)[C@@H]1CCC2(CC2)C1. The van der Waals surface area contributed by atoms with Crippen LogP contribution >= 0.6 is 0 Å². The number of carbonyl (C=O) groups is 1. The van der Waals surface area contributed by atoms with E-state index >= 15 is 0 Å². The highest BCUT2D eigenvalue weighted by Gasteiger charge is 2.49. The van der Waals surface area contributed by atoms with Crippen molar-refractivity contribution in [3.05, 3.63) is 0 Å². The van der Waals surface area contributed by atoms with E-state index in [1.54, 1.807) is 0 Å². The van der Waals surface area contributed by atoms with E-state index in [2.05, 4.69) is 0 Å². The number of primary amides is 1. The molecule has 0 saturated heterocycles. The second kappa shape index (κ2) is 1.74. The van der Waals surface area contributed by atoms with Crippen LogP contribution < -0.4 is 5.73 Å². The molecule has 56 valence electrons. The summed E-state index contributed by atoms with van der Waals surface area (Å²) in [7, 11) is 0. The van der Waals surface area contributed by atoms with Gasteiger partial charge in [0.05, 0.1) is 0 Å². The van der Waals surface area contributed by atoms with Gasteiger partial charge in [-0.05, 0) is 37.5 Å². The first-order valence-electron chi connectivity index (χ1n) is 4.01. The Hall–Kier alpha value is -0.530. The van der Waals surface area contributed by atoms with Crippen molar-refractivity contribution in [2.75, 3.05) is 0 Å². The van der Waals surface area contributed by atoms with Crippen LogP contribution in [0.3, 0.4) is 0 Å². The van der Waals surface area contributed by atoms with Crippen molar-refractivity contribution < 1.29 is 4.79 Å². The van der Waals surface area contributed by atoms with Crippen molar-refractivity contribution in [3.8, 4) is 0 Å². The summed E-state index contributed by atoms with van der Waals surface area (Å²) < 4.78 is 0. The molecule has 2 rings (SSSR count). The van der Waals surface area contributed by atoms with Gasteiger partial charge in [0.15, 0.2) is 0 Å². The van der Waals surface area contributed by atoms with E-state index < -0.39 is 0 Å². The number of rotatable bonds is 1. The minimum absolute atomic E-state index is 0.0798. The van der Waals surface area contributed by atoms with Crippen LogP contribution in [0.5, 0.6) is 0 Å². The first-order chi connectivity index (χ1) is 4.72. The topological polar surface area (TPSA) is 43.1 Å². The number of hydrogen-bond donors (Lipinski definition) is 1. The highest BCUT2D eigenvalue weighted by atomic mass is 16.1. The minimum Gasteiger partial charge on any atom is -0.369 e. The smallest absolute Gasteiger partial charge is 0.220 e. The molecular weight excluding hydrogens is 126 g/mol. The molecule has 1 amide bonds. The van der Waals surface area contributed by atoms with E-state index in [4.69, 9.17) is 5.73 Å². The van der Waals surface area contributed by atoms with Gasteiger partial charge in [-0.2, -0.15) is 0 Å². The lowest BCUT2D eigenvalue weighted by Gasteiger charge is -2.03. The van der Waals surface area contributed by atoms with E-state index in [9.17, 15) is 4.79 Å². The Morgan fingerprint density at radius 1 is 1.40 bits per heavy atom. The predicted octanol–water partition coefficient (Wildman–Crippen LogP) is 1.05. The third-order valence-corrected chi connectivity index (χ3v) is 3.06. The summed E-state index contributed by atoms with van der Waals surface area (Å²) in [6.07, 6.45) is 6.08. The lowest BCUT2D eigenvalue weighted by Crippen LogP contribution is -2.20. The molecule has 0 radical (unpaired) electrons. The largest absolute Gasteiger partial charge is 0.369 e. The molecule has 2 saturated carbocycles. The molecule has 2 nitrogen and oxygen atoms in total. The second-order valence-corrected chi connectivity index (χ2v) is 3.84. The van der Waals surface area contributed by atoms with Gasteiger partial charge in [-0.1, -0.05) is 0 Å². The molecule has 2 aliphatic carbocycles. The lowest BCUT2D eigenvalue weighted by molar-refractivity contribution is -0.121. The number of nitrogens with two attached hydrogens (primary N) is 1. The zero-order chi connectivity index (χ0) is 7.19. The zero-order valence-corrected chi connectivity index (χ0v) is 6.10. The van der Waals surface area contributed by atoms with Crippen LogP contribution in [0.25, 0.3) is 0 Å². The molecule has 2 heteroatoms. The predicted molar refractivity (Wildman–Crippen MR) is 38.2 cm³/mol. The van der Waals surface area contributed by atoms with Gasteiger partial charge >= 0.3 is 0 Å². The van der Waals surface area contributed by atoms with Gasteiger partial charge in [-0.3, -0.25) is 4.79 Å². The van der Waals surface area contributed by atoms with Gasteiger partial charge in [0.25, 0.3) is 0 Å². The molecular formula is C8H13NO. The zero-order valence-electron chi connectivity index (χ0n) is 6.10. The van der Waals surface area contributed by atoms with E-state index in [-0.39, 0.29) is 11.8 Å². The number of carbonyl (C=O) groups excluding carboxylic acids is 1. The Morgan fingerprint density at radius 2 is 2.10 bits per heavy atom. The van der Waals surface area contributed by atoms with Gasteiger partial charge in [0, 0.05) is 5.92 Å². The van der Waals surface area contributed by atoms with E-state index in [1.165, 1.54) is 19.3 Å². The van der Waals surface area contributed by atoms with Crippen LogP contribution in [0.1, 0.15) is 32.1 Å². The molecule has 2 aliphatic rings. The summed E-state index contributed by atoms with van der Waals surface area (Å²) in [6, 6.07) is 0. The molecule has 2 N–H and O–H groups in total. The van der Waals surface area contributed by atoms with Crippen molar-refractivity contribution in [3.63, 3.8) is 0 Å². The van der Waals surface area contributed by atoms with E-state index in [1.807, 2.05) is 0 Å². The molecule has 2 fully saturated rings. The molecule has 0 aliphatic heterocycles.